The van der Waals surface area contributed by atoms with E-state index >= 15 is 0 Å². The summed E-state index contributed by atoms with van der Waals surface area (Å²) in [5.74, 6) is 6.41. The maximum atomic E-state index is 9.30. The lowest BCUT2D eigenvalue weighted by molar-refractivity contribution is 0.267. The molecule has 3 aromatic rings. The van der Waals surface area contributed by atoms with Gasteiger partial charge in [-0.05, 0) is 34.0 Å². The Morgan fingerprint density at radius 2 is 1.52 bits per heavy atom. The zero-order chi connectivity index (χ0) is 14.7. The van der Waals surface area contributed by atoms with Gasteiger partial charge in [0.1, 0.15) is 5.75 Å². The molecule has 0 amide bonds. The molecular weight excluding hydrogens is 260 g/mol. The SMILES string of the molecule is NN(Cc1ccc(O)cc1)Cc1cccc2ccccc12. The Morgan fingerprint density at radius 1 is 0.810 bits per heavy atom. The van der Waals surface area contributed by atoms with E-state index in [1.54, 1.807) is 17.1 Å². The van der Waals surface area contributed by atoms with Gasteiger partial charge in [0, 0.05) is 13.1 Å². The Bertz CT molecular complexity index is 732. The molecule has 0 unspecified atom stereocenters. The van der Waals surface area contributed by atoms with Crippen LogP contribution in [0.15, 0.2) is 66.7 Å². The van der Waals surface area contributed by atoms with E-state index in [4.69, 9.17) is 5.84 Å². The fourth-order valence-electron chi connectivity index (χ4n) is 2.54. The molecule has 3 aromatic carbocycles. The summed E-state index contributed by atoms with van der Waals surface area (Å²) in [5.41, 5.74) is 2.30. The number of fused-ring (bicyclic) bond motifs is 1. The second-order valence-corrected chi connectivity index (χ2v) is 5.21. The second kappa shape index (κ2) is 5.95. The van der Waals surface area contributed by atoms with E-state index in [0.717, 1.165) is 5.56 Å². The van der Waals surface area contributed by atoms with Crippen LogP contribution in [0.4, 0.5) is 0 Å². The van der Waals surface area contributed by atoms with Gasteiger partial charge in [0.05, 0.1) is 0 Å². The predicted octanol–water partition coefficient (Wildman–Crippen LogP) is 3.42. The topological polar surface area (TPSA) is 49.5 Å². The summed E-state index contributed by atoms with van der Waals surface area (Å²) in [6, 6.07) is 21.7. The largest absolute Gasteiger partial charge is 0.508 e. The van der Waals surface area contributed by atoms with Crippen molar-refractivity contribution in [3.05, 3.63) is 77.9 Å². The van der Waals surface area contributed by atoms with Crippen LogP contribution in [-0.2, 0) is 13.1 Å². The van der Waals surface area contributed by atoms with Crippen LogP contribution in [0.1, 0.15) is 11.1 Å². The van der Waals surface area contributed by atoms with Gasteiger partial charge in [0.15, 0.2) is 0 Å². The summed E-state index contributed by atoms with van der Waals surface area (Å²) < 4.78 is 0. The number of benzene rings is 3. The summed E-state index contributed by atoms with van der Waals surface area (Å²) in [5, 5.41) is 13.6. The molecule has 0 aliphatic rings. The minimum absolute atomic E-state index is 0.274. The summed E-state index contributed by atoms with van der Waals surface area (Å²) in [6.45, 7) is 1.33. The molecule has 0 saturated carbocycles. The van der Waals surface area contributed by atoms with E-state index in [2.05, 4.69) is 30.3 Å². The third kappa shape index (κ3) is 3.21. The Kier molecular flexibility index (Phi) is 3.86. The van der Waals surface area contributed by atoms with Gasteiger partial charge >= 0.3 is 0 Å². The van der Waals surface area contributed by atoms with Crippen molar-refractivity contribution in [2.45, 2.75) is 13.1 Å². The smallest absolute Gasteiger partial charge is 0.115 e. The Labute approximate surface area is 124 Å². The molecule has 21 heavy (non-hydrogen) atoms. The van der Waals surface area contributed by atoms with Crippen molar-refractivity contribution in [3.63, 3.8) is 0 Å². The van der Waals surface area contributed by atoms with Crippen LogP contribution in [0.3, 0.4) is 0 Å². The van der Waals surface area contributed by atoms with Crippen molar-refractivity contribution in [1.29, 1.82) is 0 Å². The van der Waals surface area contributed by atoms with Crippen molar-refractivity contribution in [2.24, 2.45) is 5.84 Å². The Morgan fingerprint density at radius 3 is 2.33 bits per heavy atom. The summed E-state index contributed by atoms with van der Waals surface area (Å²) in [6.07, 6.45) is 0. The van der Waals surface area contributed by atoms with Crippen LogP contribution in [0.2, 0.25) is 0 Å². The van der Waals surface area contributed by atoms with Crippen LogP contribution in [-0.4, -0.2) is 10.1 Å². The van der Waals surface area contributed by atoms with Gasteiger partial charge in [-0.15, -0.1) is 0 Å². The zero-order valence-corrected chi connectivity index (χ0v) is 11.7. The van der Waals surface area contributed by atoms with Crippen molar-refractivity contribution < 1.29 is 5.11 Å². The number of hydrogen-bond donors (Lipinski definition) is 2. The summed E-state index contributed by atoms with van der Waals surface area (Å²) in [7, 11) is 0. The molecule has 3 nitrogen and oxygen atoms in total. The number of phenols is 1. The molecule has 3 rings (SSSR count). The van der Waals surface area contributed by atoms with E-state index in [1.165, 1.54) is 16.3 Å². The first-order valence-electron chi connectivity index (χ1n) is 6.96. The minimum atomic E-state index is 0.274. The molecule has 0 aliphatic carbocycles. The minimum Gasteiger partial charge on any atom is -0.508 e. The van der Waals surface area contributed by atoms with Crippen LogP contribution in [0.5, 0.6) is 5.75 Å². The molecule has 3 heteroatoms. The van der Waals surface area contributed by atoms with Crippen LogP contribution >= 0.6 is 0 Å². The standard InChI is InChI=1S/C18H18N2O/c19-20(12-14-8-10-17(21)11-9-14)13-16-6-3-5-15-4-1-2-7-18(15)16/h1-11,21H,12-13,19H2. The predicted molar refractivity (Wildman–Crippen MR) is 85.5 cm³/mol. The molecule has 0 aliphatic heterocycles. The van der Waals surface area contributed by atoms with E-state index < -0.39 is 0 Å². The van der Waals surface area contributed by atoms with Crippen molar-refractivity contribution >= 4 is 10.8 Å². The van der Waals surface area contributed by atoms with Gasteiger partial charge in [-0.2, -0.15) is 0 Å². The van der Waals surface area contributed by atoms with E-state index in [0.29, 0.717) is 13.1 Å². The molecular formula is C18H18N2O. The molecule has 0 saturated heterocycles. The van der Waals surface area contributed by atoms with Gasteiger partial charge in [-0.1, -0.05) is 54.6 Å². The molecule has 0 heterocycles. The van der Waals surface area contributed by atoms with E-state index in [1.807, 2.05) is 24.3 Å². The van der Waals surface area contributed by atoms with Crippen molar-refractivity contribution in [1.82, 2.24) is 5.01 Å². The molecule has 0 aromatic heterocycles. The molecule has 0 spiro atoms. The van der Waals surface area contributed by atoms with E-state index in [9.17, 15) is 5.11 Å². The normalized spacial score (nSPS) is 11.1. The second-order valence-electron chi connectivity index (χ2n) is 5.21. The molecule has 0 fully saturated rings. The number of hydrazine groups is 1. The van der Waals surface area contributed by atoms with Crippen molar-refractivity contribution in [3.8, 4) is 5.75 Å². The number of rotatable bonds is 4. The summed E-state index contributed by atoms with van der Waals surface area (Å²) in [4.78, 5) is 0. The molecule has 0 atom stereocenters. The average molecular weight is 278 g/mol. The molecule has 3 N–H and O–H groups in total. The highest BCUT2D eigenvalue weighted by molar-refractivity contribution is 5.85. The monoisotopic (exact) mass is 278 g/mol. The first-order valence-corrected chi connectivity index (χ1v) is 6.96. The number of nitrogens with zero attached hydrogens (tertiary/aromatic N) is 1. The van der Waals surface area contributed by atoms with Crippen LogP contribution < -0.4 is 5.84 Å². The van der Waals surface area contributed by atoms with Gasteiger partial charge < -0.3 is 5.11 Å². The highest BCUT2D eigenvalue weighted by Gasteiger charge is 2.05. The van der Waals surface area contributed by atoms with Crippen molar-refractivity contribution in [2.75, 3.05) is 0 Å². The first-order chi connectivity index (χ1) is 10.2. The molecule has 106 valence electrons. The average Bonchev–Trinajstić information content (AvgIpc) is 2.50. The third-order valence-corrected chi connectivity index (χ3v) is 3.58. The maximum Gasteiger partial charge on any atom is 0.115 e. The van der Waals surface area contributed by atoms with Crippen LogP contribution in [0.25, 0.3) is 10.8 Å². The summed E-state index contributed by atoms with van der Waals surface area (Å²) >= 11 is 0. The lowest BCUT2D eigenvalue weighted by Gasteiger charge is -2.17. The van der Waals surface area contributed by atoms with Gasteiger partial charge in [0.25, 0.3) is 0 Å². The number of nitrogens with two attached hydrogens (primary N) is 1. The number of aromatic hydroxyl groups is 1. The lowest BCUT2D eigenvalue weighted by atomic mass is 10.0. The number of hydrogen-bond acceptors (Lipinski definition) is 3. The quantitative estimate of drug-likeness (QED) is 0.568. The molecule has 0 radical (unpaired) electrons. The highest BCUT2D eigenvalue weighted by Crippen LogP contribution is 2.20. The fraction of sp³-hybridized carbons (Fsp3) is 0.111. The Hall–Kier alpha value is -2.36. The fourth-order valence-corrected chi connectivity index (χ4v) is 2.54. The van der Waals surface area contributed by atoms with E-state index in [-0.39, 0.29) is 5.75 Å². The number of phenolic OH excluding ortho intramolecular Hbond substituents is 1. The highest BCUT2D eigenvalue weighted by atomic mass is 16.3. The van der Waals surface area contributed by atoms with Gasteiger partial charge in [-0.25, -0.2) is 5.01 Å². The molecule has 0 bridgehead atoms. The van der Waals surface area contributed by atoms with Gasteiger partial charge in [-0.3, -0.25) is 5.84 Å². The van der Waals surface area contributed by atoms with Crippen LogP contribution in [0, 0.1) is 0 Å². The first kappa shape index (κ1) is 13.6. The zero-order valence-electron chi connectivity index (χ0n) is 11.7. The lowest BCUT2D eigenvalue weighted by Crippen LogP contribution is -2.29. The Balaban J connectivity index is 1.77. The third-order valence-electron chi connectivity index (χ3n) is 3.58. The van der Waals surface area contributed by atoms with Gasteiger partial charge in [0.2, 0.25) is 0 Å². The maximum absolute atomic E-state index is 9.30.